The number of carbonyl (C=O) groups excluding carboxylic acids is 1. The Morgan fingerprint density at radius 1 is 1.03 bits per heavy atom. The lowest BCUT2D eigenvalue weighted by Crippen LogP contribution is -3.08. The van der Waals surface area contributed by atoms with Crippen LogP contribution >= 0.6 is 0 Å². The smallest absolute Gasteiger partial charge is 0.308 e. The van der Waals surface area contributed by atoms with Crippen LogP contribution in [0.4, 0.5) is 0 Å². The van der Waals surface area contributed by atoms with Crippen molar-refractivity contribution >= 4 is 28.9 Å². The first kappa shape index (κ1) is 22.2. The van der Waals surface area contributed by atoms with Crippen molar-refractivity contribution in [1.29, 1.82) is 0 Å². The largest absolute Gasteiger partial charge is 1.00 e. The molecule has 3 aliphatic rings. The fraction of sp³-hybridized carbons (Fsp3) is 0.185. The zero-order chi connectivity index (χ0) is 22.4. The zero-order valence-electron chi connectivity index (χ0n) is 18.6. The highest BCUT2D eigenvalue weighted by Crippen LogP contribution is 2.41. The lowest BCUT2D eigenvalue weighted by molar-refractivity contribution is -0.689. The van der Waals surface area contributed by atoms with E-state index in [9.17, 15) is 4.79 Å². The van der Waals surface area contributed by atoms with Gasteiger partial charge in [-0.1, -0.05) is 42.5 Å². The van der Waals surface area contributed by atoms with Crippen molar-refractivity contribution in [3.05, 3.63) is 90.0 Å². The van der Waals surface area contributed by atoms with Crippen molar-refractivity contribution in [1.82, 2.24) is 4.98 Å². The number of methoxy groups -OCH3 is 1. The first-order chi connectivity index (χ1) is 16.2. The van der Waals surface area contributed by atoms with Gasteiger partial charge in [-0.15, -0.1) is 0 Å². The number of allylic oxidation sites excluding steroid dienone is 2. The summed E-state index contributed by atoms with van der Waals surface area (Å²) < 4.78 is 4.90. The molecule has 1 unspecified atom stereocenters. The molecule has 1 saturated carbocycles. The van der Waals surface area contributed by atoms with Gasteiger partial charge in [-0.2, -0.15) is 4.99 Å². The van der Waals surface area contributed by atoms with E-state index >= 15 is 0 Å². The summed E-state index contributed by atoms with van der Waals surface area (Å²) in [7, 11) is 1.45. The number of esters is 1. The van der Waals surface area contributed by atoms with Crippen LogP contribution in [0.5, 0.6) is 0 Å². The summed E-state index contributed by atoms with van der Waals surface area (Å²) in [6.45, 7) is 0. The Bertz CT molecular complexity index is 1390. The maximum absolute atomic E-state index is 11.9. The number of fused-ring (bicyclic) bond motifs is 2. The van der Waals surface area contributed by atoms with Crippen LogP contribution in [0.2, 0.25) is 0 Å². The fourth-order valence-corrected chi connectivity index (χ4v) is 4.81. The first-order valence-corrected chi connectivity index (χ1v) is 11.2. The van der Waals surface area contributed by atoms with Crippen molar-refractivity contribution in [2.24, 2.45) is 21.8 Å². The van der Waals surface area contributed by atoms with Crippen LogP contribution in [-0.4, -0.2) is 30.1 Å². The molecule has 1 fully saturated rings. The lowest BCUT2D eigenvalue weighted by Gasteiger charge is -2.32. The second-order valence-electron chi connectivity index (χ2n) is 8.63. The first-order valence-electron chi connectivity index (χ1n) is 11.2. The van der Waals surface area contributed by atoms with Crippen molar-refractivity contribution in [2.45, 2.75) is 12.8 Å². The molecule has 0 bridgehead atoms. The van der Waals surface area contributed by atoms with Crippen molar-refractivity contribution in [2.75, 3.05) is 7.11 Å². The van der Waals surface area contributed by atoms with E-state index < -0.39 is 0 Å². The van der Waals surface area contributed by atoms with Crippen LogP contribution < -0.4 is 17.3 Å². The molecular formula is C27H23ClN4O2. The molecular weight excluding hydrogens is 448 g/mol. The van der Waals surface area contributed by atoms with Gasteiger partial charge >= 0.3 is 5.97 Å². The molecule has 1 aliphatic carbocycles. The molecule has 0 spiro atoms. The number of hydrogen-bond donors (Lipinski definition) is 1. The number of nitrogens with zero attached hydrogens (tertiary/aromatic N) is 3. The topological polar surface area (TPSA) is 68.3 Å². The molecule has 6 nitrogen and oxygen atoms in total. The predicted octanol–water partition coefficient (Wildman–Crippen LogP) is 0.517. The number of carbonyl (C=O) groups is 1. The Morgan fingerprint density at radius 3 is 2.62 bits per heavy atom. The van der Waals surface area contributed by atoms with Gasteiger partial charge in [-0.3, -0.25) is 9.79 Å². The van der Waals surface area contributed by atoms with Gasteiger partial charge in [0.25, 0.3) is 0 Å². The van der Waals surface area contributed by atoms with E-state index in [1.807, 2.05) is 36.8 Å². The Hall–Kier alpha value is -3.61. The van der Waals surface area contributed by atoms with Crippen LogP contribution in [-0.2, 0) is 9.53 Å². The third-order valence-corrected chi connectivity index (χ3v) is 6.68. The quantitative estimate of drug-likeness (QED) is 0.565. The molecule has 1 N–H and O–H groups in total. The molecule has 3 heterocycles. The summed E-state index contributed by atoms with van der Waals surface area (Å²) >= 11 is 0. The second-order valence-corrected chi connectivity index (χ2v) is 8.63. The summed E-state index contributed by atoms with van der Waals surface area (Å²) in [5.41, 5.74) is 6.11. The number of hydrogen-bond acceptors (Lipinski definition) is 5. The summed E-state index contributed by atoms with van der Waals surface area (Å²) in [4.78, 5) is 27.3. The Kier molecular flexibility index (Phi) is 5.86. The highest BCUT2D eigenvalue weighted by atomic mass is 35.5. The number of quaternary nitrogens is 1. The standard InChI is InChI=1S/C27H22N4O2.ClH/c1-33-27(32)21-13-20(14-21)25-24-16-28-11-12-31(24)26(30-25)19-8-7-18-9-10-22(29-23(18)15-19)17-5-3-2-4-6-17;/h2-12,15-16,20-21H,13-14H2,1H3;1H. The van der Waals surface area contributed by atoms with E-state index in [0.29, 0.717) is 0 Å². The lowest BCUT2D eigenvalue weighted by atomic mass is 9.73. The Morgan fingerprint density at radius 2 is 1.82 bits per heavy atom. The maximum atomic E-state index is 11.9. The minimum atomic E-state index is -0.129. The van der Waals surface area contributed by atoms with Gasteiger partial charge in [-0.25, -0.2) is 9.88 Å². The van der Waals surface area contributed by atoms with E-state index in [4.69, 9.17) is 14.7 Å². The number of benzene rings is 2. The van der Waals surface area contributed by atoms with E-state index in [-0.39, 0.29) is 30.2 Å². The summed E-state index contributed by atoms with van der Waals surface area (Å²) in [6.07, 6.45) is 7.26. The molecule has 6 rings (SSSR count). The summed E-state index contributed by atoms with van der Waals surface area (Å²) in [5.74, 6) is 1.03. The Labute approximate surface area is 203 Å². The van der Waals surface area contributed by atoms with Crippen LogP contribution in [0.15, 0.2) is 94.4 Å². The zero-order valence-corrected chi connectivity index (χ0v) is 19.4. The monoisotopic (exact) mass is 470 g/mol. The molecule has 7 heteroatoms. The summed E-state index contributed by atoms with van der Waals surface area (Å²) in [6, 6.07) is 20.7. The molecule has 0 saturated heterocycles. The van der Waals surface area contributed by atoms with Gasteiger partial charge in [0.05, 0.1) is 42.2 Å². The van der Waals surface area contributed by atoms with Crippen LogP contribution in [0.25, 0.3) is 22.2 Å². The average Bonchev–Trinajstić information content (AvgIpc) is 3.22. The van der Waals surface area contributed by atoms with E-state index in [2.05, 4.69) is 47.5 Å². The third-order valence-electron chi connectivity index (χ3n) is 6.68. The molecule has 1 atom stereocenters. The third kappa shape index (κ3) is 3.75. The number of aliphatic imine (C=N–C) groups is 2. The number of aromatic nitrogens is 1. The van der Waals surface area contributed by atoms with Gasteiger partial charge in [0, 0.05) is 16.9 Å². The summed E-state index contributed by atoms with van der Waals surface area (Å²) in [5, 5.41) is 1.09. The van der Waals surface area contributed by atoms with Gasteiger partial charge < -0.3 is 17.1 Å². The highest BCUT2D eigenvalue weighted by Gasteiger charge is 2.44. The van der Waals surface area contributed by atoms with E-state index in [1.54, 1.807) is 0 Å². The number of halogens is 1. The number of ether oxygens (including phenoxy) is 1. The fourth-order valence-electron chi connectivity index (χ4n) is 4.81. The molecule has 0 radical (unpaired) electrons. The molecule has 3 aromatic rings. The minimum absolute atomic E-state index is 0. The van der Waals surface area contributed by atoms with Gasteiger partial charge in [0.1, 0.15) is 11.9 Å². The molecule has 1 aromatic heterocycles. The molecule has 34 heavy (non-hydrogen) atoms. The molecule has 2 aliphatic heterocycles. The molecule has 0 amide bonds. The van der Waals surface area contributed by atoms with E-state index in [1.165, 1.54) is 7.11 Å². The number of nitrogens with one attached hydrogen (secondary N) is 1. The van der Waals surface area contributed by atoms with Crippen LogP contribution in [0.3, 0.4) is 0 Å². The van der Waals surface area contributed by atoms with Crippen molar-refractivity contribution in [3.63, 3.8) is 0 Å². The number of pyridine rings is 1. The molecule has 2 aromatic carbocycles. The number of amidine groups is 1. The van der Waals surface area contributed by atoms with Gasteiger partial charge in [-0.05, 0) is 31.0 Å². The van der Waals surface area contributed by atoms with Gasteiger partial charge in [0.15, 0.2) is 5.70 Å². The number of rotatable bonds is 4. The van der Waals surface area contributed by atoms with Crippen LogP contribution in [0.1, 0.15) is 18.4 Å². The van der Waals surface area contributed by atoms with Crippen LogP contribution in [0, 0.1) is 11.8 Å². The maximum Gasteiger partial charge on any atom is 0.308 e. The van der Waals surface area contributed by atoms with Crippen molar-refractivity contribution in [3.8, 4) is 11.3 Å². The average molecular weight is 471 g/mol. The molecule has 170 valence electrons. The minimum Gasteiger partial charge on any atom is -1.00 e. The van der Waals surface area contributed by atoms with Crippen molar-refractivity contribution < 1.29 is 26.8 Å². The Balaban J connectivity index is 0.00000241. The highest BCUT2D eigenvalue weighted by molar-refractivity contribution is 6.01. The SMILES string of the molecule is COC(=O)C1CC(C2=C3C=NC=C[NH+]3C(c3ccc4ccc(-c5ccccc5)nc4c3)=N2)C1.[Cl-]. The predicted molar refractivity (Wildman–Crippen MR) is 128 cm³/mol. The van der Waals surface area contributed by atoms with E-state index in [0.717, 1.165) is 62.7 Å². The van der Waals surface area contributed by atoms with Gasteiger partial charge in [0.2, 0.25) is 5.84 Å². The normalized spacial score (nSPS) is 22.6. The second kappa shape index (κ2) is 8.97.